The van der Waals surface area contributed by atoms with Crippen molar-refractivity contribution >= 4 is 61.2 Å². The van der Waals surface area contributed by atoms with Crippen LogP contribution in [0.25, 0.3) is 16.6 Å². The van der Waals surface area contributed by atoms with E-state index in [1.54, 1.807) is 31.5 Å². The number of rotatable bonds is 14. The van der Waals surface area contributed by atoms with Crippen LogP contribution in [0.3, 0.4) is 0 Å². The molecule has 8 rings (SSSR count). The molecular weight excluding hydrogens is 846 g/mol. The van der Waals surface area contributed by atoms with E-state index in [0.717, 1.165) is 74.4 Å². The molecular formula is C46H52ClN7O8S. The Morgan fingerprint density at radius 2 is 1.78 bits per heavy atom. The van der Waals surface area contributed by atoms with Crippen molar-refractivity contribution in [1.29, 1.82) is 0 Å². The Bertz CT molecular complexity index is 2620. The predicted molar refractivity (Wildman–Crippen MR) is 243 cm³/mol. The second kappa shape index (κ2) is 18.7. The van der Waals surface area contributed by atoms with Crippen LogP contribution >= 0.6 is 11.6 Å². The number of carbonyl (C=O) groups is 1. The third-order valence-electron chi connectivity index (χ3n) is 12.2. The van der Waals surface area contributed by atoms with Gasteiger partial charge in [0.05, 0.1) is 39.9 Å². The molecule has 3 N–H and O–H groups in total. The number of H-pyrrole nitrogens is 1. The Kier molecular flexibility index (Phi) is 13.1. The number of sulfonamides is 1. The van der Waals surface area contributed by atoms with E-state index in [2.05, 4.69) is 55.8 Å². The van der Waals surface area contributed by atoms with Crippen LogP contribution in [0.1, 0.15) is 61.9 Å². The monoisotopic (exact) mass is 897 g/mol. The molecule has 2 fully saturated rings. The van der Waals surface area contributed by atoms with Crippen molar-refractivity contribution in [2.45, 2.75) is 62.6 Å². The number of amides is 1. The van der Waals surface area contributed by atoms with Gasteiger partial charge in [-0.05, 0) is 111 Å². The lowest BCUT2D eigenvalue weighted by molar-refractivity contribution is -0.384. The van der Waals surface area contributed by atoms with Crippen molar-refractivity contribution in [1.82, 2.24) is 19.6 Å². The van der Waals surface area contributed by atoms with Gasteiger partial charge in [-0.1, -0.05) is 23.7 Å². The summed E-state index contributed by atoms with van der Waals surface area (Å²) in [6.07, 6.45) is 7.94. The fraction of sp³-hybridized carbons (Fsp3) is 0.391. The predicted octanol–water partition coefficient (Wildman–Crippen LogP) is 8.43. The number of nitro groups is 1. The topological polar surface area (TPSA) is 181 Å². The summed E-state index contributed by atoms with van der Waals surface area (Å²) in [5, 5.41) is 16.8. The van der Waals surface area contributed by atoms with Crippen LogP contribution in [0.15, 0.2) is 95.7 Å². The van der Waals surface area contributed by atoms with Crippen molar-refractivity contribution in [2.24, 2.45) is 5.92 Å². The average Bonchev–Trinajstić information content (AvgIpc) is 3.75. The van der Waals surface area contributed by atoms with Crippen LogP contribution in [-0.4, -0.2) is 98.8 Å². The highest BCUT2D eigenvalue weighted by atomic mass is 35.5. The molecule has 0 bridgehead atoms. The summed E-state index contributed by atoms with van der Waals surface area (Å²) >= 11 is 6.22. The van der Waals surface area contributed by atoms with Gasteiger partial charge in [0.1, 0.15) is 22.8 Å². The van der Waals surface area contributed by atoms with Crippen LogP contribution < -0.4 is 19.7 Å². The molecule has 17 heteroatoms. The summed E-state index contributed by atoms with van der Waals surface area (Å²) in [7, 11) is -2.87. The minimum Gasteiger partial charge on any atom is -0.455 e. The second-order valence-electron chi connectivity index (χ2n) is 17.1. The number of nitrogens with one attached hydrogen (secondary N) is 3. The Labute approximate surface area is 372 Å². The highest BCUT2D eigenvalue weighted by molar-refractivity contribution is 7.90. The number of nitro benzene ring substituents is 1. The average molecular weight is 898 g/mol. The summed E-state index contributed by atoms with van der Waals surface area (Å²) in [4.78, 5) is 37.1. The molecule has 0 atom stereocenters. The fourth-order valence-electron chi connectivity index (χ4n) is 8.63. The third-order valence-corrected chi connectivity index (χ3v) is 13.8. The van der Waals surface area contributed by atoms with E-state index in [0.29, 0.717) is 48.6 Å². The molecule has 3 aromatic carbocycles. The lowest BCUT2D eigenvalue weighted by atomic mass is 9.87. The second-order valence-corrected chi connectivity index (χ2v) is 19.2. The zero-order valence-electron chi connectivity index (χ0n) is 35.6. The van der Waals surface area contributed by atoms with E-state index in [-0.39, 0.29) is 28.7 Å². The van der Waals surface area contributed by atoms with E-state index in [9.17, 15) is 23.3 Å². The molecule has 3 aliphatic rings. The molecule has 2 aliphatic heterocycles. The van der Waals surface area contributed by atoms with Gasteiger partial charge in [0.2, 0.25) is 0 Å². The molecule has 332 valence electrons. The molecule has 1 saturated heterocycles. The summed E-state index contributed by atoms with van der Waals surface area (Å²) in [6, 6.07) is 20.2. The maximum Gasteiger partial charge on any atom is 0.293 e. The fourth-order valence-corrected chi connectivity index (χ4v) is 9.74. The Morgan fingerprint density at radius 3 is 2.51 bits per heavy atom. The number of methoxy groups -OCH3 is 1. The summed E-state index contributed by atoms with van der Waals surface area (Å²) in [5.74, 6) is -0.205. The minimum atomic E-state index is -4.57. The van der Waals surface area contributed by atoms with E-state index < -0.39 is 31.4 Å². The number of hydrogen-bond acceptors (Lipinski definition) is 12. The number of carbonyl (C=O) groups excluding carboxylic acids is 1. The maximum absolute atomic E-state index is 13.9. The number of pyridine rings is 1. The standard InChI is InChI=1S/C46H52ClN7O8S/c1-46(2)25-40(31-6-8-34(47)9-7-31)33(29-61-46)28-52-18-20-53(21-19-52)35-10-14-39(43(23-35)62-37-22-32-16-17-48-44(32)50-27-37)45(55)51-63(58,59)38-13-15-41(42(24-38)54(56)57)49-26-30-4-11-36(60-3)12-5-30/h6-10,13-17,22-24,27,30,36,49H,4-5,11-12,18-21,25-26,28-29H2,1-3H3,(H,48,50)(H,51,55)/t30-,36+. The molecule has 1 saturated carbocycles. The number of benzene rings is 3. The first-order valence-electron chi connectivity index (χ1n) is 21.2. The van der Waals surface area contributed by atoms with E-state index >= 15 is 0 Å². The van der Waals surface area contributed by atoms with E-state index in [4.69, 9.17) is 25.8 Å². The zero-order valence-corrected chi connectivity index (χ0v) is 37.1. The molecule has 15 nitrogen and oxygen atoms in total. The van der Waals surface area contributed by atoms with Crippen molar-refractivity contribution in [2.75, 3.05) is 63.2 Å². The highest BCUT2D eigenvalue weighted by Crippen LogP contribution is 2.37. The molecule has 0 unspecified atom stereocenters. The number of ether oxygens (including phenoxy) is 3. The number of aromatic nitrogens is 2. The number of piperazine rings is 1. The van der Waals surface area contributed by atoms with Crippen LogP contribution in [0, 0.1) is 16.0 Å². The van der Waals surface area contributed by atoms with Crippen molar-refractivity contribution in [3.8, 4) is 11.5 Å². The largest absolute Gasteiger partial charge is 0.455 e. The van der Waals surface area contributed by atoms with Gasteiger partial charge in [0.15, 0.2) is 0 Å². The number of halogens is 1. The van der Waals surface area contributed by atoms with Gasteiger partial charge in [-0.15, -0.1) is 0 Å². The lowest BCUT2D eigenvalue weighted by Crippen LogP contribution is -2.47. The molecule has 0 radical (unpaired) electrons. The number of fused-ring (bicyclic) bond motifs is 1. The van der Waals surface area contributed by atoms with Gasteiger partial charge in [0, 0.05) is 87.2 Å². The number of anilines is 2. The van der Waals surface area contributed by atoms with Crippen molar-refractivity contribution in [3.63, 3.8) is 0 Å². The van der Waals surface area contributed by atoms with Crippen LogP contribution in [0.2, 0.25) is 5.02 Å². The van der Waals surface area contributed by atoms with Gasteiger partial charge < -0.3 is 29.4 Å². The Morgan fingerprint density at radius 1 is 1.02 bits per heavy atom. The van der Waals surface area contributed by atoms with Gasteiger partial charge in [-0.3, -0.25) is 19.8 Å². The lowest BCUT2D eigenvalue weighted by Gasteiger charge is -2.39. The molecule has 63 heavy (non-hydrogen) atoms. The van der Waals surface area contributed by atoms with Crippen LogP contribution in [0.5, 0.6) is 11.5 Å². The van der Waals surface area contributed by atoms with E-state index in [1.807, 2.05) is 18.2 Å². The molecule has 5 aromatic rings. The maximum atomic E-state index is 13.9. The SMILES string of the molecule is CO[C@H]1CC[C@@H](CNc2ccc(S(=O)(=O)NC(=O)c3ccc(N4CCN(CC5=C(c6ccc(Cl)cc6)CC(C)(C)OC5)CC4)cc3Oc3cnc4[nH]ccc4c3)cc2[N+](=O)[O-])CC1. The van der Waals surface area contributed by atoms with Gasteiger partial charge in [0.25, 0.3) is 21.6 Å². The quantitative estimate of drug-likeness (QED) is 0.0716. The smallest absolute Gasteiger partial charge is 0.293 e. The molecule has 2 aromatic heterocycles. The summed E-state index contributed by atoms with van der Waals surface area (Å²) in [6.45, 7) is 8.93. The third kappa shape index (κ3) is 10.5. The molecule has 0 spiro atoms. The zero-order chi connectivity index (χ0) is 44.3. The number of nitrogens with zero attached hydrogens (tertiary/aromatic N) is 4. The summed E-state index contributed by atoms with van der Waals surface area (Å²) in [5.41, 5.74) is 4.59. The minimum absolute atomic E-state index is 0.0482. The normalized spacial score (nSPS) is 19.5. The van der Waals surface area contributed by atoms with E-state index in [1.165, 1.54) is 35.5 Å². The highest BCUT2D eigenvalue weighted by Gasteiger charge is 2.31. The van der Waals surface area contributed by atoms with Gasteiger partial charge >= 0.3 is 0 Å². The number of aromatic amines is 1. The molecule has 4 heterocycles. The first kappa shape index (κ1) is 44.1. The van der Waals surface area contributed by atoms with Gasteiger partial charge in [-0.2, -0.15) is 0 Å². The van der Waals surface area contributed by atoms with Crippen molar-refractivity contribution in [3.05, 3.63) is 117 Å². The van der Waals surface area contributed by atoms with Crippen LogP contribution in [-0.2, 0) is 19.5 Å². The first-order chi connectivity index (χ1) is 30.2. The van der Waals surface area contributed by atoms with Gasteiger partial charge in [-0.25, -0.2) is 18.1 Å². The van der Waals surface area contributed by atoms with Crippen LogP contribution in [0.4, 0.5) is 17.1 Å². The Hall–Kier alpha value is -5.52. The molecule has 1 aliphatic carbocycles. The number of hydrogen-bond donors (Lipinski definition) is 3. The summed E-state index contributed by atoms with van der Waals surface area (Å²) < 4.78 is 47.6. The Balaban J connectivity index is 0.991. The van der Waals surface area contributed by atoms with Crippen molar-refractivity contribution < 1.29 is 32.3 Å². The first-order valence-corrected chi connectivity index (χ1v) is 23.0. The molecule has 1 amide bonds.